The Balaban J connectivity index is 1.31. The van der Waals surface area contributed by atoms with Crippen molar-refractivity contribution in [2.75, 3.05) is 54.3 Å². The third-order valence-electron chi connectivity index (χ3n) is 6.35. The van der Waals surface area contributed by atoms with Gasteiger partial charge in [0.1, 0.15) is 5.82 Å². The van der Waals surface area contributed by atoms with Crippen molar-refractivity contribution >= 4 is 39.7 Å². The zero-order valence-corrected chi connectivity index (χ0v) is 21.6. The monoisotopic (exact) mass is 549 g/mol. The van der Waals surface area contributed by atoms with E-state index in [4.69, 9.17) is 9.47 Å². The van der Waals surface area contributed by atoms with Crippen LogP contribution >= 0.6 is 11.3 Å². The zero-order valence-electron chi connectivity index (χ0n) is 20.8. The maximum atomic E-state index is 13.4. The number of nitrogens with zero attached hydrogens (tertiary/aromatic N) is 5. The quantitative estimate of drug-likeness (QED) is 0.453. The summed E-state index contributed by atoms with van der Waals surface area (Å²) in [5.74, 6) is 1.02. The van der Waals surface area contributed by atoms with E-state index in [1.165, 1.54) is 31.6 Å². The van der Waals surface area contributed by atoms with E-state index in [9.17, 15) is 18.0 Å². The lowest BCUT2D eigenvalue weighted by atomic mass is 10.1. The Kier molecular flexibility index (Phi) is 7.15. The predicted octanol–water partition coefficient (Wildman–Crippen LogP) is 4.78. The van der Waals surface area contributed by atoms with Crippen LogP contribution in [-0.2, 0) is 19.1 Å². The third kappa shape index (κ3) is 5.54. The van der Waals surface area contributed by atoms with Gasteiger partial charge in [0.05, 0.1) is 43.4 Å². The van der Waals surface area contributed by atoms with Gasteiger partial charge in [0.25, 0.3) is 0 Å². The molecule has 14 heteroatoms. The summed E-state index contributed by atoms with van der Waals surface area (Å²) in [5.41, 5.74) is 0.707. The molecule has 0 saturated carbocycles. The molecule has 4 heterocycles. The number of methoxy groups -OCH3 is 2. The Labute approximate surface area is 220 Å². The molecule has 202 valence electrons. The highest BCUT2D eigenvalue weighted by atomic mass is 32.1. The summed E-state index contributed by atoms with van der Waals surface area (Å²) in [6, 6.07) is 4.68. The molecule has 0 aliphatic carbocycles. The molecule has 0 spiro atoms. The minimum Gasteiger partial charge on any atom is -0.481 e. The number of benzene rings is 1. The number of halogens is 3. The van der Waals surface area contributed by atoms with Crippen molar-refractivity contribution in [1.29, 1.82) is 0 Å². The number of hydrogen-bond acceptors (Lipinski definition) is 9. The van der Waals surface area contributed by atoms with Crippen LogP contribution < -0.4 is 29.9 Å². The normalized spacial score (nSPS) is 15.3. The fourth-order valence-electron chi connectivity index (χ4n) is 4.49. The molecule has 1 fully saturated rings. The van der Waals surface area contributed by atoms with E-state index in [0.29, 0.717) is 42.0 Å². The number of hydrogen-bond donors (Lipinski definition) is 2. The van der Waals surface area contributed by atoms with Gasteiger partial charge in [-0.15, -0.1) is 0 Å². The maximum absolute atomic E-state index is 13.4. The average Bonchev–Trinajstić information content (AvgIpc) is 3.57. The number of anilines is 4. The number of alkyl halides is 3. The zero-order chi connectivity index (χ0) is 26.9. The van der Waals surface area contributed by atoms with Gasteiger partial charge in [-0.3, -0.25) is 5.32 Å². The van der Waals surface area contributed by atoms with E-state index in [1.54, 1.807) is 6.07 Å². The molecular weight excluding hydrogens is 523 g/mol. The van der Waals surface area contributed by atoms with Crippen LogP contribution in [0.5, 0.6) is 11.9 Å². The first-order chi connectivity index (χ1) is 18.2. The molecule has 1 aromatic carbocycles. The number of nitrogens with one attached hydrogen (secondary N) is 2. The van der Waals surface area contributed by atoms with Gasteiger partial charge >= 0.3 is 18.2 Å². The summed E-state index contributed by atoms with van der Waals surface area (Å²) < 4.78 is 50.5. The van der Waals surface area contributed by atoms with Crippen LogP contribution in [0.2, 0.25) is 0 Å². The fraction of sp³-hybridized carbons (Fsp3) is 0.417. The van der Waals surface area contributed by atoms with Crippen molar-refractivity contribution in [3.63, 3.8) is 0 Å². The molecular formula is C24H26F3N7O3S. The molecule has 3 aromatic rings. The fourth-order valence-corrected chi connectivity index (χ4v) is 5.51. The number of urea groups is 1. The van der Waals surface area contributed by atoms with Gasteiger partial charge in [-0.25, -0.2) is 9.78 Å². The van der Waals surface area contributed by atoms with Crippen LogP contribution in [-0.4, -0.2) is 54.8 Å². The molecule has 0 bridgehead atoms. The Morgan fingerprint density at radius 2 is 1.79 bits per heavy atom. The summed E-state index contributed by atoms with van der Waals surface area (Å²) in [4.78, 5) is 30.8. The minimum atomic E-state index is -4.52. The number of carbonyl (C=O) groups is 1. The molecule has 38 heavy (non-hydrogen) atoms. The second kappa shape index (κ2) is 10.5. The Morgan fingerprint density at radius 3 is 2.50 bits per heavy atom. The van der Waals surface area contributed by atoms with Crippen molar-refractivity contribution in [3.05, 3.63) is 40.4 Å². The largest absolute Gasteiger partial charge is 0.481 e. The lowest BCUT2D eigenvalue weighted by Gasteiger charge is -2.27. The van der Waals surface area contributed by atoms with Crippen molar-refractivity contribution in [2.45, 2.75) is 32.0 Å². The van der Waals surface area contributed by atoms with Crippen LogP contribution in [0.25, 0.3) is 0 Å². The van der Waals surface area contributed by atoms with Crippen LogP contribution in [0, 0.1) is 0 Å². The topological polar surface area (TPSA) is 105 Å². The van der Waals surface area contributed by atoms with Crippen molar-refractivity contribution < 1.29 is 27.4 Å². The Hall–Kier alpha value is -3.81. The summed E-state index contributed by atoms with van der Waals surface area (Å²) in [6.07, 6.45) is -2.00. The van der Waals surface area contributed by atoms with Gasteiger partial charge in [-0.1, -0.05) is 11.3 Å². The molecule has 10 nitrogen and oxygen atoms in total. The molecule has 0 radical (unpaired) electrons. The van der Waals surface area contributed by atoms with Gasteiger partial charge in [-0.2, -0.15) is 23.1 Å². The lowest BCUT2D eigenvalue weighted by Crippen LogP contribution is -2.30. The van der Waals surface area contributed by atoms with Gasteiger partial charge in [-0.05, 0) is 31.0 Å². The molecule has 2 aliphatic heterocycles. The first-order valence-electron chi connectivity index (χ1n) is 12.0. The van der Waals surface area contributed by atoms with Gasteiger partial charge in [0.15, 0.2) is 5.13 Å². The number of carbonyl (C=O) groups excluding carboxylic acids is 1. The highest BCUT2D eigenvalue weighted by molar-refractivity contribution is 7.15. The first kappa shape index (κ1) is 25.8. The minimum absolute atomic E-state index is 0.110. The van der Waals surface area contributed by atoms with E-state index in [2.05, 4.69) is 25.6 Å². The molecule has 2 aliphatic rings. The van der Waals surface area contributed by atoms with E-state index in [1.807, 2.05) is 9.80 Å². The smallest absolute Gasteiger partial charge is 0.416 e. The van der Waals surface area contributed by atoms with Crippen molar-refractivity contribution in [3.8, 4) is 11.9 Å². The summed E-state index contributed by atoms with van der Waals surface area (Å²) in [6.45, 7) is 2.59. The third-order valence-corrected chi connectivity index (χ3v) is 7.35. The molecule has 2 amide bonds. The number of fused-ring (bicyclic) bond motifs is 1. The van der Waals surface area contributed by atoms with Crippen LogP contribution in [0.4, 0.5) is 40.3 Å². The maximum Gasteiger partial charge on any atom is 0.416 e. The number of rotatable bonds is 6. The average molecular weight is 550 g/mol. The van der Waals surface area contributed by atoms with Gasteiger partial charge in [0, 0.05) is 37.0 Å². The highest BCUT2D eigenvalue weighted by Crippen LogP contribution is 2.37. The Morgan fingerprint density at radius 1 is 1.00 bits per heavy atom. The van der Waals surface area contributed by atoms with Gasteiger partial charge in [0.2, 0.25) is 5.88 Å². The van der Waals surface area contributed by atoms with E-state index < -0.39 is 17.8 Å². The molecule has 1 saturated heterocycles. The molecule has 2 aromatic heterocycles. The van der Waals surface area contributed by atoms with Crippen molar-refractivity contribution in [1.82, 2.24) is 15.0 Å². The molecule has 0 unspecified atom stereocenters. The first-order valence-corrected chi connectivity index (χ1v) is 12.8. The predicted molar refractivity (Wildman–Crippen MR) is 138 cm³/mol. The SMILES string of the molecule is COc1cc(N2CCc3nc(NC(=O)Nc4cc(C(F)(F)F)ccc4N4CCCC4)sc3C2)nc(OC)n1. The van der Waals surface area contributed by atoms with E-state index in [0.717, 1.165) is 48.6 Å². The number of amides is 2. The van der Waals surface area contributed by atoms with Crippen molar-refractivity contribution in [2.24, 2.45) is 0 Å². The van der Waals surface area contributed by atoms with Crippen LogP contribution in [0.3, 0.4) is 0 Å². The number of aromatic nitrogens is 3. The van der Waals surface area contributed by atoms with E-state index >= 15 is 0 Å². The standard InChI is InChI=1S/C24H26F3N7O3S/c1-36-20-12-19(30-22(31-20)37-2)34-10-7-15-18(13-34)38-23(29-15)32-21(35)28-16-11-14(24(25,26)27)5-6-17(16)33-8-3-4-9-33/h5-6,11-12H,3-4,7-10,13H2,1-2H3,(H2,28,29,32,35). The summed E-state index contributed by atoms with van der Waals surface area (Å²) in [7, 11) is 2.99. The summed E-state index contributed by atoms with van der Waals surface area (Å²) in [5, 5.41) is 5.66. The highest BCUT2D eigenvalue weighted by Gasteiger charge is 2.32. The second-order valence-electron chi connectivity index (χ2n) is 8.82. The van der Waals surface area contributed by atoms with Crippen LogP contribution in [0.15, 0.2) is 24.3 Å². The molecule has 5 rings (SSSR count). The molecule has 0 atom stereocenters. The van der Waals surface area contributed by atoms with Gasteiger partial charge < -0.3 is 24.6 Å². The number of ether oxygens (including phenoxy) is 2. The van der Waals surface area contributed by atoms with Crippen LogP contribution in [0.1, 0.15) is 29.0 Å². The lowest BCUT2D eigenvalue weighted by molar-refractivity contribution is -0.137. The second-order valence-corrected chi connectivity index (χ2v) is 9.90. The molecule has 2 N–H and O–H groups in total. The number of thiazole rings is 1. The van der Waals surface area contributed by atoms with E-state index in [-0.39, 0.29) is 11.7 Å². The summed E-state index contributed by atoms with van der Waals surface area (Å²) >= 11 is 1.31. The Bertz CT molecular complexity index is 1310.